The van der Waals surface area contributed by atoms with Gasteiger partial charge in [0.1, 0.15) is 0 Å². The molecule has 0 amide bonds. The van der Waals surface area contributed by atoms with Crippen LogP contribution in [-0.2, 0) is 13.1 Å². The number of rotatable bonds is 6. The van der Waals surface area contributed by atoms with E-state index in [4.69, 9.17) is 6.42 Å². The van der Waals surface area contributed by atoms with Crippen molar-refractivity contribution in [2.75, 3.05) is 13.1 Å². The molecule has 0 unspecified atom stereocenters. The molecule has 5 nitrogen and oxygen atoms in total. The second-order valence-corrected chi connectivity index (χ2v) is 4.78. The lowest BCUT2D eigenvalue weighted by Gasteiger charge is -2.08. The number of aromatic nitrogens is 2. The molecule has 0 bridgehead atoms. The normalized spacial score (nSPS) is 10.5. The molecule has 0 saturated heterocycles. The predicted octanol–water partition coefficient (Wildman–Crippen LogP) is 2.24. The van der Waals surface area contributed by atoms with Crippen LogP contribution in [0.5, 0.6) is 0 Å². The summed E-state index contributed by atoms with van der Waals surface area (Å²) in [5.74, 6) is 3.26. The average molecular weight is 423 g/mol. The van der Waals surface area contributed by atoms with Crippen LogP contribution < -0.4 is 10.6 Å². The van der Waals surface area contributed by atoms with Crippen molar-refractivity contribution in [3.05, 3.63) is 53.9 Å². The lowest BCUT2D eigenvalue weighted by atomic mass is 10.2. The van der Waals surface area contributed by atoms with Gasteiger partial charge in [-0.15, -0.1) is 30.4 Å². The van der Waals surface area contributed by atoms with E-state index in [0.717, 1.165) is 24.6 Å². The van der Waals surface area contributed by atoms with Gasteiger partial charge in [-0.05, 0) is 12.5 Å². The first-order valence-electron chi connectivity index (χ1n) is 7.32. The number of nitrogens with one attached hydrogen (secondary N) is 2. The summed E-state index contributed by atoms with van der Waals surface area (Å²) in [6.07, 6.45) is 9.11. The molecule has 0 aliphatic carbocycles. The highest BCUT2D eigenvalue weighted by atomic mass is 127. The fraction of sp³-hybridized carbons (Fsp3) is 0.294. The summed E-state index contributed by atoms with van der Waals surface area (Å²) in [7, 11) is 0. The lowest BCUT2D eigenvalue weighted by molar-refractivity contribution is 0.686. The molecule has 2 rings (SSSR count). The molecule has 122 valence electrons. The van der Waals surface area contributed by atoms with Crippen molar-refractivity contribution in [3.63, 3.8) is 0 Å². The van der Waals surface area contributed by atoms with Crippen LogP contribution in [0.2, 0.25) is 0 Å². The Morgan fingerprint density at radius 2 is 2.04 bits per heavy atom. The minimum absolute atomic E-state index is 0. The van der Waals surface area contributed by atoms with E-state index in [1.54, 1.807) is 0 Å². The van der Waals surface area contributed by atoms with Gasteiger partial charge in [-0.3, -0.25) is 4.68 Å². The number of terminal acetylenes is 1. The molecular formula is C17H22IN5. The van der Waals surface area contributed by atoms with Crippen molar-refractivity contribution in [2.45, 2.75) is 20.0 Å². The third kappa shape index (κ3) is 6.74. The number of guanidine groups is 1. The summed E-state index contributed by atoms with van der Waals surface area (Å²) in [5.41, 5.74) is 2.29. The summed E-state index contributed by atoms with van der Waals surface area (Å²) >= 11 is 0. The Labute approximate surface area is 154 Å². The van der Waals surface area contributed by atoms with E-state index in [-0.39, 0.29) is 24.0 Å². The van der Waals surface area contributed by atoms with E-state index in [2.05, 4.69) is 38.8 Å². The van der Waals surface area contributed by atoms with Gasteiger partial charge in [-0.1, -0.05) is 36.3 Å². The van der Waals surface area contributed by atoms with Crippen molar-refractivity contribution >= 4 is 29.9 Å². The topological polar surface area (TPSA) is 54.2 Å². The third-order valence-electron chi connectivity index (χ3n) is 3.00. The van der Waals surface area contributed by atoms with Crippen LogP contribution in [0.25, 0.3) is 0 Å². The molecule has 23 heavy (non-hydrogen) atoms. The van der Waals surface area contributed by atoms with E-state index in [1.807, 2.05) is 42.2 Å². The van der Waals surface area contributed by atoms with Crippen molar-refractivity contribution in [1.82, 2.24) is 20.4 Å². The highest BCUT2D eigenvalue weighted by Gasteiger charge is 2.00. The Kier molecular flexibility index (Phi) is 8.83. The van der Waals surface area contributed by atoms with Crippen molar-refractivity contribution in [1.29, 1.82) is 0 Å². The monoisotopic (exact) mass is 423 g/mol. The van der Waals surface area contributed by atoms with Crippen LogP contribution in [0, 0.1) is 12.3 Å². The minimum atomic E-state index is 0. The molecule has 0 aliphatic rings. The summed E-state index contributed by atoms with van der Waals surface area (Å²) in [6, 6.07) is 10.3. The number of aliphatic imine (C=N–C) groups is 1. The van der Waals surface area contributed by atoms with Crippen LogP contribution in [-0.4, -0.2) is 28.8 Å². The first-order chi connectivity index (χ1) is 10.8. The molecule has 2 aromatic rings. The molecule has 1 aromatic heterocycles. The first-order valence-corrected chi connectivity index (χ1v) is 7.32. The van der Waals surface area contributed by atoms with Gasteiger partial charge in [0.15, 0.2) is 5.96 Å². The minimum Gasteiger partial charge on any atom is -0.357 e. The third-order valence-corrected chi connectivity index (χ3v) is 3.00. The van der Waals surface area contributed by atoms with Gasteiger partial charge in [0.05, 0.1) is 25.8 Å². The van der Waals surface area contributed by atoms with E-state index in [0.29, 0.717) is 13.1 Å². The molecule has 0 saturated carbocycles. The van der Waals surface area contributed by atoms with Crippen LogP contribution in [0.1, 0.15) is 18.1 Å². The molecule has 0 radical (unpaired) electrons. The van der Waals surface area contributed by atoms with Crippen LogP contribution in [0.4, 0.5) is 0 Å². The molecule has 0 fully saturated rings. The maximum Gasteiger partial charge on any atom is 0.192 e. The molecule has 0 atom stereocenters. The maximum atomic E-state index is 5.25. The van der Waals surface area contributed by atoms with Gasteiger partial charge in [0.25, 0.3) is 0 Å². The zero-order valence-corrected chi connectivity index (χ0v) is 15.5. The first kappa shape index (κ1) is 19.0. The van der Waals surface area contributed by atoms with Gasteiger partial charge in [-0.2, -0.15) is 5.10 Å². The largest absolute Gasteiger partial charge is 0.357 e. The molecule has 2 N–H and O–H groups in total. The maximum absolute atomic E-state index is 5.25. The fourth-order valence-electron chi connectivity index (χ4n) is 1.99. The van der Waals surface area contributed by atoms with Crippen LogP contribution >= 0.6 is 24.0 Å². The van der Waals surface area contributed by atoms with Crippen molar-refractivity contribution in [2.24, 2.45) is 4.99 Å². The van der Waals surface area contributed by atoms with Gasteiger partial charge < -0.3 is 10.6 Å². The summed E-state index contributed by atoms with van der Waals surface area (Å²) in [4.78, 5) is 4.49. The number of halogens is 1. The van der Waals surface area contributed by atoms with Gasteiger partial charge >= 0.3 is 0 Å². The zero-order chi connectivity index (χ0) is 15.6. The summed E-state index contributed by atoms with van der Waals surface area (Å²) in [6.45, 7) is 4.60. The number of hydrogen-bond donors (Lipinski definition) is 2. The Morgan fingerprint density at radius 1 is 1.26 bits per heavy atom. The van der Waals surface area contributed by atoms with Gasteiger partial charge in [0.2, 0.25) is 0 Å². The zero-order valence-electron chi connectivity index (χ0n) is 13.2. The Hall–Kier alpha value is -2.01. The lowest BCUT2D eigenvalue weighted by Crippen LogP contribution is -2.37. The molecular weight excluding hydrogens is 401 g/mol. The van der Waals surface area contributed by atoms with E-state index < -0.39 is 0 Å². The van der Waals surface area contributed by atoms with Crippen LogP contribution in [0.15, 0.2) is 47.7 Å². The molecule has 1 aromatic carbocycles. The van der Waals surface area contributed by atoms with Crippen LogP contribution in [0.3, 0.4) is 0 Å². The fourth-order valence-corrected chi connectivity index (χ4v) is 1.99. The SMILES string of the molecule is C#CCNC(=NCc1cnn(Cc2ccccc2)c1)NCC.I. The van der Waals surface area contributed by atoms with Gasteiger partial charge in [-0.25, -0.2) is 4.99 Å². The predicted molar refractivity (Wildman–Crippen MR) is 105 cm³/mol. The number of nitrogens with zero attached hydrogens (tertiary/aromatic N) is 3. The summed E-state index contributed by atoms with van der Waals surface area (Å²) < 4.78 is 1.92. The second kappa shape index (κ2) is 10.7. The number of benzene rings is 1. The quantitative estimate of drug-likeness (QED) is 0.324. The highest BCUT2D eigenvalue weighted by molar-refractivity contribution is 14.0. The molecule has 0 spiro atoms. The molecule has 6 heteroatoms. The molecule has 0 aliphatic heterocycles. The highest BCUT2D eigenvalue weighted by Crippen LogP contribution is 2.04. The smallest absolute Gasteiger partial charge is 0.192 e. The van der Waals surface area contributed by atoms with Crippen molar-refractivity contribution in [3.8, 4) is 12.3 Å². The Bertz CT molecular complexity index is 643. The van der Waals surface area contributed by atoms with Crippen molar-refractivity contribution < 1.29 is 0 Å². The second-order valence-electron chi connectivity index (χ2n) is 4.78. The van der Waals surface area contributed by atoms with E-state index >= 15 is 0 Å². The molecule has 1 heterocycles. The van der Waals surface area contributed by atoms with E-state index in [9.17, 15) is 0 Å². The Morgan fingerprint density at radius 3 is 2.74 bits per heavy atom. The standard InChI is InChI=1S/C17H21N5.HI/c1-3-10-19-17(18-4-2)20-11-16-12-21-22(14-16)13-15-8-6-5-7-9-15;/h1,5-9,12,14H,4,10-11,13H2,2H3,(H2,18,19,20);1H. The summed E-state index contributed by atoms with van der Waals surface area (Å²) in [5, 5.41) is 10.6. The number of hydrogen-bond acceptors (Lipinski definition) is 2. The average Bonchev–Trinajstić information content (AvgIpc) is 2.98. The van der Waals surface area contributed by atoms with Gasteiger partial charge in [0, 0.05) is 18.3 Å². The van der Waals surface area contributed by atoms with E-state index in [1.165, 1.54) is 5.56 Å². The Balaban J connectivity index is 0.00000264.